The number of carbonyl (C=O) groups is 1. The number of aliphatic hydroxyl groups is 1. The maximum absolute atomic E-state index is 12.3. The molecule has 1 aromatic heterocycles. The van der Waals surface area contributed by atoms with Crippen molar-refractivity contribution in [1.82, 2.24) is 5.32 Å². The van der Waals surface area contributed by atoms with Crippen molar-refractivity contribution in [3.05, 3.63) is 16.3 Å². The van der Waals surface area contributed by atoms with E-state index in [9.17, 15) is 9.90 Å². The number of ether oxygens (including phenoxy) is 1. The number of rotatable bonds is 4. The van der Waals surface area contributed by atoms with Crippen LogP contribution in [0.4, 0.5) is 0 Å². The molecule has 0 radical (unpaired) electrons. The largest absolute Gasteiger partial charge is 0.495 e. The molecule has 0 aliphatic heterocycles. The molecule has 1 aliphatic rings. The predicted octanol–water partition coefficient (Wildman–Crippen LogP) is 2.43. The van der Waals surface area contributed by atoms with Gasteiger partial charge in [0.2, 0.25) is 0 Å². The number of amides is 1. The average Bonchev–Trinajstić information content (AvgIpc) is 2.90. The Kier molecular flexibility index (Phi) is 4.47. The predicted molar refractivity (Wildman–Crippen MR) is 75.8 cm³/mol. The third-order valence-corrected chi connectivity index (χ3v) is 4.86. The summed E-state index contributed by atoms with van der Waals surface area (Å²) >= 11 is 1.36. The van der Waals surface area contributed by atoms with Crippen LogP contribution < -0.4 is 10.1 Å². The Balaban J connectivity index is 2.08. The first kappa shape index (κ1) is 14.3. The SMILES string of the molecule is COc1ccsc1C(=O)NC1(CO)CCC(C)CC1. The van der Waals surface area contributed by atoms with Crippen LogP contribution in [0.2, 0.25) is 0 Å². The van der Waals surface area contributed by atoms with Crippen molar-refractivity contribution in [1.29, 1.82) is 0 Å². The van der Waals surface area contributed by atoms with Crippen LogP contribution in [-0.2, 0) is 0 Å². The van der Waals surface area contributed by atoms with Gasteiger partial charge >= 0.3 is 0 Å². The summed E-state index contributed by atoms with van der Waals surface area (Å²) in [6.07, 6.45) is 3.76. The van der Waals surface area contributed by atoms with Gasteiger partial charge in [-0.05, 0) is 43.0 Å². The molecule has 0 atom stereocenters. The van der Waals surface area contributed by atoms with Crippen LogP contribution in [0.3, 0.4) is 0 Å². The average molecular weight is 283 g/mol. The van der Waals surface area contributed by atoms with Crippen LogP contribution in [0.25, 0.3) is 0 Å². The third kappa shape index (κ3) is 3.09. The van der Waals surface area contributed by atoms with Gasteiger partial charge in [-0.2, -0.15) is 0 Å². The van der Waals surface area contributed by atoms with Crippen LogP contribution in [0.1, 0.15) is 42.3 Å². The number of methoxy groups -OCH3 is 1. The fourth-order valence-corrected chi connectivity index (χ4v) is 3.31. The molecule has 5 heteroatoms. The first-order valence-corrected chi connectivity index (χ1v) is 7.53. The molecular formula is C14H21NO3S. The minimum atomic E-state index is -0.460. The molecule has 0 unspecified atom stereocenters. The van der Waals surface area contributed by atoms with E-state index in [1.54, 1.807) is 13.2 Å². The lowest BCUT2D eigenvalue weighted by atomic mass is 9.77. The zero-order chi connectivity index (χ0) is 13.9. The Morgan fingerprint density at radius 3 is 2.84 bits per heavy atom. The summed E-state index contributed by atoms with van der Waals surface area (Å²) in [5.74, 6) is 1.13. The molecule has 19 heavy (non-hydrogen) atoms. The molecular weight excluding hydrogens is 262 g/mol. The van der Waals surface area contributed by atoms with Crippen LogP contribution in [0.15, 0.2) is 11.4 Å². The Labute approximate surface area is 117 Å². The maximum Gasteiger partial charge on any atom is 0.265 e. The lowest BCUT2D eigenvalue weighted by molar-refractivity contribution is 0.0718. The van der Waals surface area contributed by atoms with E-state index in [1.807, 2.05) is 5.38 Å². The van der Waals surface area contributed by atoms with Crippen LogP contribution in [0.5, 0.6) is 5.75 Å². The number of nitrogens with one attached hydrogen (secondary N) is 1. The van der Waals surface area contributed by atoms with E-state index in [-0.39, 0.29) is 12.5 Å². The van der Waals surface area contributed by atoms with E-state index >= 15 is 0 Å². The minimum Gasteiger partial charge on any atom is -0.495 e. The molecule has 2 N–H and O–H groups in total. The van der Waals surface area contributed by atoms with Gasteiger partial charge in [0.1, 0.15) is 10.6 Å². The Morgan fingerprint density at radius 2 is 2.26 bits per heavy atom. The number of hydrogen-bond donors (Lipinski definition) is 2. The van der Waals surface area contributed by atoms with Crippen LogP contribution in [-0.4, -0.2) is 30.3 Å². The highest BCUT2D eigenvalue weighted by molar-refractivity contribution is 7.12. The molecule has 1 saturated carbocycles. The normalized spacial score (nSPS) is 27.0. The lowest BCUT2D eigenvalue weighted by Gasteiger charge is -2.38. The standard InChI is InChI=1S/C14H21NO3S/c1-10-3-6-14(9-16,7-4-10)15-13(17)12-11(18-2)5-8-19-12/h5,8,10,16H,3-4,6-7,9H2,1-2H3,(H,15,17). The monoisotopic (exact) mass is 283 g/mol. The summed E-state index contributed by atoms with van der Waals surface area (Å²) in [6, 6.07) is 1.79. The lowest BCUT2D eigenvalue weighted by Crippen LogP contribution is -2.53. The highest BCUT2D eigenvalue weighted by Crippen LogP contribution is 2.33. The highest BCUT2D eigenvalue weighted by atomic mass is 32.1. The summed E-state index contributed by atoms with van der Waals surface area (Å²) in [6.45, 7) is 2.21. The molecule has 106 valence electrons. The molecule has 2 rings (SSSR count). The van der Waals surface area contributed by atoms with E-state index in [2.05, 4.69) is 12.2 Å². The van der Waals surface area contributed by atoms with Crippen molar-refractivity contribution < 1.29 is 14.6 Å². The topological polar surface area (TPSA) is 58.6 Å². The van der Waals surface area contributed by atoms with Crippen molar-refractivity contribution in [3.63, 3.8) is 0 Å². The molecule has 1 heterocycles. The van der Waals surface area contributed by atoms with Gasteiger partial charge in [0, 0.05) is 0 Å². The molecule has 1 fully saturated rings. The maximum atomic E-state index is 12.3. The summed E-state index contributed by atoms with van der Waals surface area (Å²) in [7, 11) is 1.56. The van der Waals surface area contributed by atoms with Crippen LogP contribution >= 0.6 is 11.3 Å². The Morgan fingerprint density at radius 1 is 1.58 bits per heavy atom. The first-order chi connectivity index (χ1) is 9.10. The van der Waals surface area contributed by atoms with E-state index in [0.29, 0.717) is 16.5 Å². The third-order valence-electron chi connectivity index (χ3n) is 3.97. The number of thiophene rings is 1. The molecule has 1 aromatic rings. The fourth-order valence-electron chi connectivity index (χ4n) is 2.56. The summed E-state index contributed by atoms with van der Waals surface area (Å²) in [4.78, 5) is 12.9. The Hall–Kier alpha value is -1.07. The van der Waals surface area contributed by atoms with Crippen molar-refractivity contribution in [3.8, 4) is 5.75 Å². The van der Waals surface area contributed by atoms with Gasteiger partial charge in [-0.25, -0.2) is 0 Å². The van der Waals surface area contributed by atoms with Gasteiger partial charge in [0.05, 0.1) is 19.3 Å². The second kappa shape index (κ2) is 5.92. The molecule has 4 nitrogen and oxygen atoms in total. The van der Waals surface area contributed by atoms with Crippen LogP contribution in [0, 0.1) is 5.92 Å². The number of aliphatic hydroxyl groups excluding tert-OH is 1. The molecule has 0 spiro atoms. The van der Waals surface area contributed by atoms with Crippen molar-refractivity contribution in [2.24, 2.45) is 5.92 Å². The van der Waals surface area contributed by atoms with Crippen molar-refractivity contribution in [2.45, 2.75) is 38.1 Å². The molecule has 0 aromatic carbocycles. The summed E-state index contributed by atoms with van der Waals surface area (Å²) in [5, 5.41) is 14.5. The van der Waals surface area contributed by atoms with E-state index < -0.39 is 5.54 Å². The molecule has 1 amide bonds. The quantitative estimate of drug-likeness (QED) is 0.892. The zero-order valence-electron chi connectivity index (χ0n) is 11.4. The van der Waals surface area contributed by atoms with Crippen molar-refractivity contribution >= 4 is 17.2 Å². The zero-order valence-corrected chi connectivity index (χ0v) is 12.3. The van der Waals surface area contributed by atoms with Gasteiger partial charge in [-0.1, -0.05) is 6.92 Å². The van der Waals surface area contributed by atoms with E-state index in [4.69, 9.17) is 4.74 Å². The van der Waals surface area contributed by atoms with Gasteiger partial charge in [0.25, 0.3) is 5.91 Å². The minimum absolute atomic E-state index is 0.000843. The fraction of sp³-hybridized carbons (Fsp3) is 0.643. The second-order valence-corrected chi connectivity index (χ2v) is 6.31. The number of carbonyl (C=O) groups excluding carboxylic acids is 1. The summed E-state index contributed by atoms with van der Waals surface area (Å²) in [5.41, 5.74) is -0.460. The molecule has 1 aliphatic carbocycles. The van der Waals surface area contributed by atoms with Crippen molar-refractivity contribution in [2.75, 3.05) is 13.7 Å². The second-order valence-electron chi connectivity index (χ2n) is 5.39. The molecule has 0 saturated heterocycles. The van der Waals surface area contributed by atoms with Gasteiger partial charge < -0.3 is 15.2 Å². The smallest absolute Gasteiger partial charge is 0.265 e. The first-order valence-electron chi connectivity index (χ1n) is 6.65. The highest BCUT2D eigenvalue weighted by Gasteiger charge is 2.35. The Bertz CT molecular complexity index is 436. The van der Waals surface area contributed by atoms with Gasteiger partial charge in [0.15, 0.2) is 0 Å². The van der Waals surface area contributed by atoms with Gasteiger partial charge in [-0.15, -0.1) is 11.3 Å². The van der Waals surface area contributed by atoms with E-state index in [1.165, 1.54) is 11.3 Å². The summed E-state index contributed by atoms with van der Waals surface area (Å²) < 4.78 is 5.17. The van der Waals surface area contributed by atoms with E-state index in [0.717, 1.165) is 25.7 Å². The number of hydrogen-bond acceptors (Lipinski definition) is 4. The molecule has 0 bridgehead atoms. The van der Waals surface area contributed by atoms with Gasteiger partial charge in [-0.3, -0.25) is 4.79 Å².